The molecule has 1 N–H and O–H groups in total. The highest BCUT2D eigenvalue weighted by molar-refractivity contribution is 7.10. The quantitative estimate of drug-likeness (QED) is 0.385. The van der Waals surface area contributed by atoms with Crippen LogP contribution in [-0.2, 0) is 17.4 Å². The van der Waals surface area contributed by atoms with Gasteiger partial charge in [-0.1, -0.05) is 18.2 Å². The molecule has 1 aromatic heterocycles. The summed E-state index contributed by atoms with van der Waals surface area (Å²) in [5.41, 5.74) is 0.824. The Balaban J connectivity index is 1.56. The Morgan fingerprint density at radius 1 is 1.06 bits per heavy atom. The lowest BCUT2D eigenvalue weighted by atomic mass is 9.99. The van der Waals surface area contributed by atoms with E-state index in [1.807, 2.05) is 0 Å². The number of hydrogen-bond donors (Lipinski definition) is 1. The maximum absolute atomic E-state index is 15.1. The zero-order chi connectivity index (χ0) is 23.5. The van der Waals surface area contributed by atoms with Crippen molar-refractivity contribution in [1.29, 1.82) is 0 Å². The number of halogens is 5. The molecule has 3 aromatic rings. The summed E-state index contributed by atoms with van der Waals surface area (Å²) in [6, 6.07) is 5.46. The predicted molar refractivity (Wildman–Crippen MR) is 112 cm³/mol. The molecular weight excluding hydrogens is 465 g/mol. The van der Waals surface area contributed by atoms with Crippen molar-refractivity contribution in [1.82, 2.24) is 5.32 Å². The standard InChI is InChI=1S/C22H12F5N3O2S/c23-17-13(11-7-16(33-9-11)22(25,26)27)3-4-14(18(17)24)19-20(31)29-21(32)30(19)12-2-1-10-5-6-28-15(10)8-12/h1-4,6-9,19H,5H2,(H,29,31,32). The van der Waals surface area contributed by atoms with Gasteiger partial charge in [-0.2, -0.15) is 13.2 Å². The molecule has 33 heavy (non-hydrogen) atoms. The first-order valence-corrected chi connectivity index (χ1v) is 10.5. The van der Waals surface area contributed by atoms with Crippen LogP contribution in [0.15, 0.2) is 46.8 Å². The number of carbonyl (C=O) groups is 2. The average Bonchev–Trinajstić information content (AvgIpc) is 3.48. The number of rotatable bonds is 3. The molecule has 0 saturated carbocycles. The zero-order valence-corrected chi connectivity index (χ0v) is 17.2. The number of thiophene rings is 1. The fourth-order valence-electron chi connectivity index (χ4n) is 3.88. The second-order valence-corrected chi connectivity index (χ2v) is 8.33. The van der Waals surface area contributed by atoms with Crippen LogP contribution >= 0.6 is 11.3 Å². The van der Waals surface area contributed by atoms with Crippen molar-refractivity contribution in [3.8, 4) is 11.1 Å². The summed E-state index contributed by atoms with van der Waals surface area (Å²) in [4.78, 5) is 29.2. The first-order chi connectivity index (χ1) is 15.6. The largest absolute Gasteiger partial charge is 0.425 e. The number of nitrogens with zero attached hydrogens (tertiary/aromatic N) is 2. The van der Waals surface area contributed by atoms with Crippen LogP contribution < -0.4 is 10.2 Å². The molecular formula is C22H12F5N3O2S. The molecule has 1 unspecified atom stereocenters. The van der Waals surface area contributed by atoms with E-state index in [1.165, 1.54) is 0 Å². The van der Waals surface area contributed by atoms with Crippen LogP contribution in [0.25, 0.3) is 11.1 Å². The first kappa shape index (κ1) is 21.3. The number of aliphatic imine (C=N–C) groups is 1. The highest BCUT2D eigenvalue weighted by Crippen LogP contribution is 2.41. The zero-order valence-electron chi connectivity index (χ0n) is 16.4. The Bertz CT molecular complexity index is 1350. The van der Waals surface area contributed by atoms with Gasteiger partial charge in [-0.15, -0.1) is 11.3 Å². The minimum absolute atomic E-state index is 0.143. The normalized spacial score (nSPS) is 17.6. The van der Waals surface area contributed by atoms with E-state index in [9.17, 15) is 27.2 Å². The van der Waals surface area contributed by atoms with Gasteiger partial charge in [0.25, 0.3) is 5.91 Å². The molecule has 0 aliphatic carbocycles. The van der Waals surface area contributed by atoms with Crippen LogP contribution in [0.4, 0.5) is 38.1 Å². The van der Waals surface area contributed by atoms with E-state index in [0.717, 1.165) is 34.0 Å². The number of anilines is 1. The fraction of sp³-hybridized carbons (Fsp3) is 0.136. The molecule has 5 rings (SSSR count). The third-order valence-electron chi connectivity index (χ3n) is 5.44. The summed E-state index contributed by atoms with van der Waals surface area (Å²) in [5, 5.41) is 3.16. The number of hydrogen-bond acceptors (Lipinski definition) is 4. The summed E-state index contributed by atoms with van der Waals surface area (Å²) in [6.45, 7) is 0. The molecule has 0 radical (unpaired) electrons. The van der Waals surface area contributed by atoms with E-state index in [0.29, 0.717) is 23.4 Å². The van der Waals surface area contributed by atoms with Gasteiger partial charge in [0, 0.05) is 29.4 Å². The lowest BCUT2D eigenvalue weighted by Crippen LogP contribution is -2.30. The minimum Gasteiger partial charge on any atom is -0.277 e. The number of fused-ring (bicyclic) bond motifs is 1. The summed E-state index contributed by atoms with van der Waals surface area (Å²) in [6.07, 6.45) is -2.31. The molecule has 2 aliphatic rings. The highest BCUT2D eigenvalue weighted by Gasteiger charge is 2.43. The fourth-order valence-corrected chi connectivity index (χ4v) is 4.65. The van der Waals surface area contributed by atoms with Gasteiger partial charge in [-0.25, -0.2) is 13.6 Å². The number of amides is 3. The molecule has 0 bridgehead atoms. The van der Waals surface area contributed by atoms with Gasteiger partial charge in [-0.3, -0.25) is 20.0 Å². The highest BCUT2D eigenvalue weighted by atomic mass is 32.1. The van der Waals surface area contributed by atoms with Crippen molar-refractivity contribution < 1.29 is 31.5 Å². The van der Waals surface area contributed by atoms with E-state index < -0.39 is 46.2 Å². The summed E-state index contributed by atoms with van der Waals surface area (Å²) >= 11 is 0.361. The summed E-state index contributed by atoms with van der Waals surface area (Å²) in [5.74, 6) is -3.69. The van der Waals surface area contributed by atoms with Crippen LogP contribution in [-0.4, -0.2) is 18.2 Å². The van der Waals surface area contributed by atoms with Crippen molar-refractivity contribution in [3.63, 3.8) is 0 Å². The van der Waals surface area contributed by atoms with Gasteiger partial charge >= 0.3 is 12.2 Å². The van der Waals surface area contributed by atoms with Gasteiger partial charge in [0.15, 0.2) is 11.6 Å². The topological polar surface area (TPSA) is 61.8 Å². The van der Waals surface area contributed by atoms with Crippen LogP contribution in [0.1, 0.15) is 22.0 Å². The Hall–Kier alpha value is -3.60. The number of nitrogens with one attached hydrogen (secondary N) is 1. The molecule has 168 valence electrons. The maximum atomic E-state index is 15.1. The van der Waals surface area contributed by atoms with Crippen molar-refractivity contribution in [3.05, 3.63) is 69.4 Å². The minimum atomic E-state index is -4.61. The van der Waals surface area contributed by atoms with Crippen LogP contribution in [0, 0.1) is 11.6 Å². The number of imide groups is 1. The van der Waals surface area contributed by atoms with E-state index >= 15 is 4.39 Å². The SMILES string of the molecule is O=C1NC(=O)N(c2ccc3c(c2)N=CC3)C1c1ccc(-c2csc(C(F)(F)F)c2)c(F)c1F. The molecule has 1 fully saturated rings. The van der Waals surface area contributed by atoms with Crippen LogP contribution in [0.2, 0.25) is 0 Å². The maximum Gasteiger partial charge on any atom is 0.425 e. The van der Waals surface area contributed by atoms with Crippen molar-refractivity contribution in [2.24, 2.45) is 4.99 Å². The van der Waals surface area contributed by atoms with Crippen molar-refractivity contribution in [2.45, 2.75) is 18.6 Å². The number of urea groups is 1. The Labute approximate surface area is 187 Å². The summed E-state index contributed by atoms with van der Waals surface area (Å²) < 4.78 is 68.7. The van der Waals surface area contributed by atoms with E-state index in [2.05, 4.69) is 10.3 Å². The van der Waals surface area contributed by atoms with Crippen LogP contribution in [0.3, 0.4) is 0 Å². The molecule has 1 saturated heterocycles. The molecule has 11 heteroatoms. The molecule has 5 nitrogen and oxygen atoms in total. The van der Waals surface area contributed by atoms with E-state index in [1.54, 1.807) is 24.4 Å². The molecule has 3 heterocycles. The average molecular weight is 477 g/mol. The smallest absolute Gasteiger partial charge is 0.277 e. The van der Waals surface area contributed by atoms with Gasteiger partial charge in [0.1, 0.15) is 10.9 Å². The van der Waals surface area contributed by atoms with Gasteiger partial charge in [0.2, 0.25) is 0 Å². The van der Waals surface area contributed by atoms with Gasteiger partial charge in [-0.05, 0) is 34.7 Å². The lowest BCUT2D eigenvalue weighted by Gasteiger charge is -2.23. The second kappa shape index (κ2) is 7.48. The van der Waals surface area contributed by atoms with Crippen molar-refractivity contribution >= 4 is 40.9 Å². The Morgan fingerprint density at radius 2 is 1.85 bits per heavy atom. The number of alkyl halides is 3. The Kier molecular flexibility index (Phi) is 4.82. The van der Waals surface area contributed by atoms with Crippen LogP contribution in [0.5, 0.6) is 0 Å². The van der Waals surface area contributed by atoms with Gasteiger partial charge < -0.3 is 0 Å². The molecule has 3 amide bonds. The summed E-state index contributed by atoms with van der Waals surface area (Å²) in [7, 11) is 0. The third-order valence-corrected chi connectivity index (χ3v) is 6.42. The van der Waals surface area contributed by atoms with Crippen molar-refractivity contribution in [2.75, 3.05) is 4.90 Å². The molecule has 2 aromatic carbocycles. The monoisotopic (exact) mass is 477 g/mol. The van der Waals surface area contributed by atoms with E-state index in [4.69, 9.17) is 0 Å². The Morgan fingerprint density at radius 3 is 2.58 bits per heavy atom. The molecule has 1 atom stereocenters. The third kappa shape index (κ3) is 3.48. The second-order valence-electron chi connectivity index (χ2n) is 7.42. The number of benzene rings is 2. The lowest BCUT2D eigenvalue weighted by molar-refractivity contribution is -0.134. The molecule has 0 spiro atoms. The van der Waals surface area contributed by atoms with E-state index in [-0.39, 0.29) is 16.8 Å². The first-order valence-electron chi connectivity index (χ1n) is 9.58. The van der Waals surface area contributed by atoms with Gasteiger partial charge in [0.05, 0.1) is 5.69 Å². The molecule has 2 aliphatic heterocycles. The predicted octanol–water partition coefficient (Wildman–Crippen LogP) is 5.77. The number of carbonyl (C=O) groups excluding carboxylic acids is 2.